The van der Waals surface area contributed by atoms with Crippen molar-refractivity contribution < 1.29 is 33.1 Å². The number of hydrogen-bond donors (Lipinski definition) is 1. The average molecular weight is 402 g/mol. The van der Waals surface area contributed by atoms with Gasteiger partial charge in [-0.1, -0.05) is 12.1 Å². The molecule has 1 rings (SSSR count). The van der Waals surface area contributed by atoms with E-state index < -0.39 is 30.4 Å². The molecule has 0 saturated carbocycles. The third-order valence-corrected chi connectivity index (χ3v) is 5.74. The maximum atomic E-state index is 13.2. The van der Waals surface area contributed by atoms with Crippen LogP contribution in [0.4, 0.5) is 5.69 Å². The van der Waals surface area contributed by atoms with E-state index in [1.165, 1.54) is 38.5 Å². The number of nitrogens with one attached hydrogen (secondary N) is 1. The largest absolute Gasteiger partial charge is 0.469 e. The molecule has 27 heavy (non-hydrogen) atoms. The van der Waals surface area contributed by atoms with Crippen molar-refractivity contribution in [2.45, 2.75) is 32.0 Å². The number of nitro groups is 1. The van der Waals surface area contributed by atoms with Crippen molar-refractivity contribution in [1.29, 1.82) is 0 Å². The molecule has 0 aliphatic rings. The quantitative estimate of drug-likeness (QED) is 0.256. The van der Waals surface area contributed by atoms with Crippen molar-refractivity contribution in [1.82, 2.24) is 5.09 Å². The highest BCUT2D eigenvalue weighted by Gasteiger charge is 2.32. The predicted octanol–water partition coefficient (Wildman–Crippen LogP) is 2.41. The minimum atomic E-state index is -3.54. The van der Waals surface area contributed by atoms with Gasteiger partial charge in [0, 0.05) is 18.6 Å². The van der Waals surface area contributed by atoms with Gasteiger partial charge in [-0.3, -0.25) is 24.3 Å². The number of rotatable bonds is 11. The monoisotopic (exact) mass is 402 g/mol. The molecule has 1 aromatic carbocycles. The molecular formula is C16H23N2O8P. The van der Waals surface area contributed by atoms with E-state index in [1.54, 1.807) is 6.92 Å². The summed E-state index contributed by atoms with van der Waals surface area (Å²) < 4.78 is 27.7. The van der Waals surface area contributed by atoms with E-state index in [9.17, 15) is 24.3 Å². The van der Waals surface area contributed by atoms with Gasteiger partial charge in [-0.15, -0.1) is 0 Å². The molecule has 0 radical (unpaired) electrons. The summed E-state index contributed by atoms with van der Waals surface area (Å²) in [7, 11) is -1.14. The number of hydrogen-bond acceptors (Lipinski definition) is 8. The summed E-state index contributed by atoms with van der Waals surface area (Å²) in [5.41, 5.74) is 0.435. The zero-order valence-electron chi connectivity index (χ0n) is 15.4. The first kappa shape index (κ1) is 22.8. The fraction of sp³-hybridized carbons (Fsp3) is 0.500. The van der Waals surface area contributed by atoms with Gasteiger partial charge in [-0.2, -0.15) is 0 Å². The Morgan fingerprint density at radius 2 is 1.85 bits per heavy atom. The molecular weight excluding hydrogens is 379 g/mol. The Hall–Kier alpha value is -2.29. The molecule has 1 aromatic rings. The Labute approximate surface area is 156 Å². The van der Waals surface area contributed by atoms with E-state index in [0.29, 0.717) is 5.56 Å². The average Bonchev–Trinajstić information content (AvgIpc) is 2.64. The van der Waals surface area contributed by atoms with Crippen molar-refractivity contribution in [2.75, 3.05) is 20.8 Å². The zero-order valence-corrected chi connectivity index (χ0v) is 16.3. The molecule has 0 saturated heterocycles. The Kier molecular flexibility index (Phi) is 9.07. The Morgan fingerprint density at radius 3 is 2.33 bits per heavy atom. The SMILES string of the molecule is CCOP(=O)(Cc1ccc([N+](=O)[O-])cc1)N[C@@H](CCC(=O)OC)C(=O)OC. The van der Waals surface area contributed by atoms with Gasteiger partial charge < -0.3 is 14.0 Å². The maximum absolute atomic E-state index is 13.2. The topological polar surface area (TPSA) is 134 Å². The molecule has 150 valence electrons. The summed E-state index contributed by atoms with van der Waals surface area (Å²) in [6.45, 7) is 1.76. The van der Waals surface area contributed by atoms with Crippen LogP contribution in [0.25, 0.3) is 0 Å². The fourth-order valence-corrected chi connectivity index (χ4v) is 4.35. The van der Waals surface area contributed by atoms with Crippen molar-refractivity contribution in [3.8, 4) is 0 Å². The molecule has 10 nitrogen and oxygen atoms in total. The first-order chi connectivity index (χ1) is 12.7. The van der Waals surface area contributed by atoms with Gasteiger partial charge in [0.15, 0.2) is 0 Å². The first-order valence-electron chi connectivity index (χ1n) is 8.14. The van der Waals surface area contributed by atoms with Crippen LogP contribution in [0.15, 0.2) is 24.3 Å². The summed E-state index contributed by atoms with van der Waals surface area (Å²) in [5, 5.41) is 13.4. The van der Waals surface area contributed by atoms with Gasteiger partial charge in [0.2, 0.25) is 0 Å². The summed E-state index contributed by atoms with van der Waals surface area (Å²) in [6.07, 6.45) is -0.159. The van der Waals surface area contributed by atoms with Crippen LogP contribution in [0.3, 0.4) is 0 Å². The molecule has 0 heterocycles. The number of ether oxygens (including phenoxy) is 2. The van der Waals surface area contributed by atoms with Gasteiger partial charge in [0.05, 0.1) is 31.9 Å². The van der Waals surface area contributed by atoms with Crippen LogP contribution >= 0.6 is 7.52 Å². The van der Waals surface area contributed by atoms with Crippen LogP contribution in [-0.2, 0) is 34.3 Å². The number of benzene rings is 1. The molecule has 0 aromatic heterocycles. The van der Waals surface area contributed by atoms with E-state index in [0.717, 1.165) is 0 Å². The summed E-state index contributed by atoms with van der Waals surface area (Å²) in [4.78, 5) is 33.5. The van der Waals surface area contributed by atoms with E-state index in [2.05, 4.69) is 14.6 Å². The van der Waals surface area contributed by atoms with Gasteiger partial charge >= 0.3 is 11.9 Å². The molecule has 0 aliphatic heterocycles. The standard InChI is InChI=1S/C16H23N2O8P/c1-4-26-27(23,11-12-5-7-13(8-6-12)18(21)22)17-14(16(20)25-3)9-10-15(19)24-2/h5-8,14H,4,9-11H2,1-3H3,(H,17,23)/t14-,27?/m0/s1. The molecule has 0 bridgehead atoms. The minimum absolute atomic E-state index is 0.0106. The molecule has 1 unspecified atom stereocenters. The molecule has 0 fully saturated rings. The number of nitrogens with zero attached hydrogens (tertiary/aromatic N) is 1. The van der Waals surface area contributed by atoms with Gasteiger partial charge in [-0.05, 0) is 18.9 Å². The van der Waals surface area contributed by atoms with Crippen molar-refractivity contribution in [3.05, 3.63) is 39.9 Å². The molecule has 0 aliphatic carbocycles. The fourth-order valence-electron chi connectivity index (χ4n) is 2.28. The second-order valence-corrected chi connectivity index (χ2v) is 7.67. The normalized spacial score (nSPS) is 14.0. The summed E-state index contributed by atoms with van der Waals surface area (Å²) in [6, 6.07) is 4.48. The molecule has 0 amide bonds. The number of carbonyl (C=O) groups excluding carboxylic acids is 2. The van der Waals surface area contributed by atoms with Gasteiger partial charge in [0.25, 0.3) is 13.2 Å². The van der Waals surface area contributed by atoms with Crippen LogP contribution < -0.4 is 5.09 Å². The number of carbonyl (C=O) groups is 2. The number of methoxy groups -OCH3 is 2. The Bertz CT molecular complexity index is 707. The predicted molar refractivity (Wildman–Crippen MR) is 96.2 cm³/mol. The van der Waals surface area contributed by atoms with Crippen LogP contribution in [-0.4, -0.2) is 43.7 Å². The van der Waals surface area contributed by atoms with E-state index >= 15 is 0 Å². The lowest BCUT2D eigenvalue weighted by atomic mass is 10.2. The smallest absolute Gasteiger partial charge is 0.323 e. The van der Waals surface area contributed by atoms with E-state index in [4.69, 9.17) is 4.52 Å². The lowest BCUT2D eigenvalue weighted by Gasteiger charge is -2.24. The Balaban J connectivity index is 2.96. The van der Waals surface area contributed by atoms with Crippen molar-refractivity contribution in [2.24, 2.45) is 0 Å². The highest BCUT2D eigenvalue weighted by molar-refractivity contribution is 7.56. The van der Waals surface area contributed by atoms with E-state index in [1.807, 2.05) is 0 Å². The van der Waals surface area contributed by atoms with Crippen LogP contribution in [0, 0.1) is 10.1 Å². The molecule has 1 N–H and O–H groups in total. The van der Waals surface area contributed by atoms with Crippen LogP contribution in [0.5, 0.6) is 0 Å². The van der Waals surface area contributed by atoms with E-state index in [-0.39, 0.29) is 31.3 Å². The van der Waals surface area contributed by atoms with Crippen LogP contribution in [0.1, 0.15) is 25.3 Å². The summed E-state index contributed by atoms with van der Waals surface area (Å²) >= 11 is 0. The highest BCUT2D eigenvalue weighted by Crippen LogP contribution is 2.47. The molecule has 11 heteroatoms. The minimum Gasteiger partial charge on any atom is -0.469 e. The number of nitro benzene ring substituents is 1. The maximum Gasteiger partial charge on any atom is 0.323 e. The second-order valence-electron chi connectivity index (χ2n) is 5.49. The lowest BCUT2D eigenvalue weighted by molar-refractivity contribution is -0.384. The van der Waals surface area contributed by atoms with Gasteiger partial charge in [0.1, 0.15) is 6.04 Å². The summed E-state index contributed by atoms with van der Waals surface area (Å²) in [5.74, 6) is -1.21. The molecule has 2 atom stereocenters. The third kappa shape index (κ3) is 7.46. The number of non-ortho nitro benzene ring substituents is 1. The zero-order chi connectivity index (χ0) is 20.4. The van der Waals surface area contributed by atoms with Crippen molar-refractivity contribution in [3.63, 3.8) is 0 Å². The van der Waals surface area contributed by atoms with Crippen molar-refractivity contribution >= 4 is 25.1 Å². The second kappa shape index (κ2) is 10.8. The lowest BCUT2D eigenvalue weighted by Crippen LogP contribution is -2.37. The highest BCUT2D eigenvalue weighted by atomic mass is 31.2. The third-order valence-electron chi connectivity index (χ3n) is 3.58. The Morgan fingerprint density at radius 1 is 1.22 bits per heavy atom. The van der Waals surface area contributed by atoms with Gasteiger partial charge in [-0.25, -0.2) is 5.09 Å². The molecule has 0 spiro atoms. The van der Waals surface area contributed by atoms with Crippen LogP contribution in [0.2, 0.25) is 0 Å². The first-order valence-corrected chi connectivity index (χ1v) is 9.95. The number of esters is 2.